The molecule has 0 bridgehead atoms. The van der Waals surface area contributed by atoms with Crippen molar-refractivity contribution in [3.05, 3.63) is 46.0 Å². The smallest absolute Gasteiger partial charge is 0.387 e. The number of anilines is 3. The van der Waals surface area contributed by atoms with Crippen LogP contribution in [0.3, 0.4) is 0 Å². The number of ether oxygens (including phenoxy) is 5. The molecule has 0 saturated carbocycles. The van der Waals surface area contributed by atoms with E-state index in [-0.39, 0.29) is 69.2 Å². The van der Waals surface area contributed by atoms with Crippen LogP contribution in [0.4, 0.5) is 17.7 Å². The number of aliphatic hydroxyl groups is 3. The van der Waals surface area contributed by atoms with E-state index in [1.165, 1.54) is 34.2 Å². The second-order valence-corrected chi connectivity index (χ2v) is 25.6. The van der Waals surface area contributed by atoms with Crippen LogP contribution in [-0.2, 0) is 71.2 Å². The largest absolute Gasteiger partial charge is 0.488 e. The highest BCUT2D eigenvalue weighted by molar-refractivity contribution is 8.55. The summed E-state index contributed by atoms with van der Waals surface area (Å²) in [5, 5.41) is 33.1. The Kier molecular flexibility index (Phi) is 16.1. The zero-order chi connectivity index (χ0) is 55.7. The molecule has 0 spiro atoms. The first-order valence-electron chi connectivity index (χ1n) is 22.0. The van der Waals surface area contributed by atoms with E-state index in [2.05, 4.69) is 48.5 Å². The van der Waals surface area contributed by atoms with Crippen molar-refractivity contribution >= 4 is 92.9 Å². The number of fused-ring (bicyclic) bond motifs is 3. The molecule has 77 heavy (non-hydrogen) atoms. The molecule has 0 radical (unpaired) electrons. The lowest BCUT2D eigenvalue weighted by atomic mass is 10.00. The van der Waals surface area contributed by atoms with Crippen LogP contribution < -0.4 is 32.9 Å². The summed E-state index contributed by atoms with van der Waals surface area (Å²) in [7, 11) is -13.5. The van der Waals surface area contributed by atoms with Gasteiger partial charge in [-0.15, -0.1) is 0 Å². The number of aromatic amines is 2. The number of aryl methyl sites for hydroxylation is 1. The molecule has 4 unspecified atom stereocenters. The monoisotopic (exact) mass is 1190 g/mol. The SMILES string of the molecule is COC[C@H]1[C@@H](O)[C@H]([n+]2cn(C)c3c(=O)[nH]c(N)nc32)O[C@@H]1CSP(=O)(O)OP(=O)(O)OP(=O)(O)OC[C@H]1O[C@@H](n2cnc3c(N)ncnc32)[C@H](OC)[C@@H]1OP(=O)(O)OC[C@H]1O[C@@H](n2cnc3c(=O)[nH]c(N)nc32)[C@H](O)[C@@H]1O. The Morgan fingerprint density at radius 1 is 0.727 bits per heavy atom. The Balaban J connectivity index is 0.869. The van der Waals surface area contributed by atoms with Gasteiger partial charge in [-0.05, 0) is 11.4 Å². The maximum Gasteiger partial charge on any atom is 0.488 e. The Morgan fingerprint density at radius 2 is 1.38 bits per heavy atom. The summed E-state index contributed by atoms with van der Waals surface area (Å²) in [5.41, 5.74) is 15.9. The molecule has 15 N–H and O–H groups in total. The molecule has 38 nitrogen and oxygen atoms in total. The summed E-state index contributed by atoms with van der Waals surface area (Å²) >= 11 is 0.00172. The number of methoxy groups -OCH3 is 2. The van der Waals surface area contributed by atoms with Gasteiger partial charge in [0.15, 0.2) is 41.4 Å². The van der Waals surface area contributed by atoms with Crippen molar-refractivity contribution in [3.63, 3.8) is 0 Å². The van der Waals surface area contributed by atoms with Gasteiger partial charge in [-0.1, -0.05) is 4.98 Å². The van der Waals surface area contributed by atoms with Gasteiger partial charge in [-0.25, -0.2) is 42.8 Å². The topological polar surface area (TPSA) is 542 Å². The molecular weight excluding hydrogens is 1140 g/mol. The van der Waals surface area contributed by atoms with Gasteiger partial charge in [-0.2, -0.15) is 13.6 Å². The molecule has 3 aliphatic heterocycles. The Labute approximate surface area is 432 Å². The lowest BCUT2D eigenvalue weighted by molar-refractivity contribution is -0.745. The molecule has 3 aliphatic rings. The normalized spacial score (nSPS) is 30.0. The first kappa shape index (κ1) is 56.9. The number of nitrogen functional groups attached to an aromatic ring is 3. The zero-order valence-corrected chi connectivity index (χ0v) is 44.0. The average molecular weight is 1190 g/mol. The number of hydrogen-bond donors (Lipinski definition) is 12. The van der Waals surface area contributed by atoms with Crippen molar-refractivity contribution in [2.75, 3.05) is 57.0 Å². The molecular formula is C34H48N15O23P4S+. The van der Waals surface area contributed by atoms with Crippen LogP contribution in [0.25, 0.3) is 33.5 Å². The van der Waals surface area contributed by atoms with Gasteiger partial charge in [0.05, 0.1) is 45.6 Å². The molecule has 6 aromatic rings. The van der Waals surface area contributed by atoms with Crippen molar-refractivity contribution in [2.45, 2.75) is 67.5 Å². The predicted molar refractivity (Wildman–Crippen MR) is 255 cm³/mol. The van der Waals surface area contributed by atoms with Crippen LogP contribution in [0, 0.1) is 5.92 Å². The van der Waals surface area contributed by atoms with Gasteiger partial charge in [0.2, 0.25) is 17.7 Å². The van der Waals surface area contributed by atoms with E-state index in [1.54, 1.807) is 0 Å². The molecule has 3 saturated heterocycles. The number of aromatic nitrogens is 12. The van der Waals surface area contributed by atoms with Gasteiger partial charge in [-0.3, -0.25) is 46.8 Å². The van der Waals surface area contributed by atoms with Crippen molar-refractivity contribution in [3.8, 4) is 0 Å². The van der Waals surface area contributed by atoms with Crippen molar-refractivity contribution in [2.24, 2.45) is 13.0 Å². The van der Waals surface area contributed by atoms with Crippen LogP contribution in [0.1, 0.15) is 18.7 Å². The van der Waals surface area contributed by atoms with E-state index in [0.29, 0.717) is 0 Å². The zero-order valence-electron chi connectivity index (χ0n) is 39.6. The molecule has 6 aromatic heterocycles. The lowest BCUT2D eigenvalue weighted by Gasteiger charge is -2.26. The molecule has 0 aromatic carbocycles. The highest BCUT2D eigenvalue weighted by atomic mass is 32.7. The van der Waals surface area contributed by atoms with Crippen LogP contribution in [-0.4, -0.2) is 177 Å². The number of nitrogens with one attached hydrogen (secondary N) is 2. The fourth-order valence-corrected chi connectivity index (χ4v) is 15.8. The van der Waals surface area contributed by atoms with Gasteiger partial charge < -0.3 is 75.8 Å². The van der Waals surface area contributed by atoms with E-state index in [4.69, 9.17) is 54.5 Å². The summed E-state index contributed by atoms with van der Waals surface area (Å²) in [6.07, 6.45) is -12.4. The second-order valence-electron chi connectivity index (χ2n) is 17.1. The van der Waals surface area contributed by atoms with Crippen LogP contribution in [0.2, 0.25) is 0 Å². The molecule has 3 fully saturated rings. The first-order chi connectivity index (χ1) is 36.2. The number of imidazole rings is 3. The van der Waals surface area contributed by atoms with E-state index >= 15 is 0 Å². The number of H-pyrrole nitrogens is 2. The van der Waals surface area contributed by atoms with E-state index in [9.17, 15) is 62.7 Å². The number of phosphoric ester groups is 2. The third-order valence-electron chi connectivity index (χ3n) is 12.1. The third-order valence-corrected chi connectivity index (χ3v) is 19.7. The summed E-state index contributed by atoms with van der Waals surface area (Å²) in [5.74, 6) is -2.11. The minimum absolute atomic E-state index is 0.00172. The van der Waals surface area contributed by atoms with Crippen LogP contribution in [0.5, 0.6) is 0 Å². The number of nitrogens with zero attached hydrogens (tertiary/aromatic N) is 10. The summed E-state index contributed by atoms with van der Waals surface area (Å²) in [4.78, 5) is 96.8. The quantitative estimate of drug-likeness (QED) is 0.0251. The number of aliphatic hydroxyl groups excluding tert-OH is 3. The Hall–Kier alpha value is -4.76. The molecule has 16 atom stereocenters. The minimum Gasteiger partial charge on any atom is -0.387 e. The Morgan fingerprint density at radius 3 is 2.09 bits per heavy atom. The second kappa shape index (κ2) is 21.7. The summed E-state index contributed by atoms with van der Waals surface area (Å²) in [6, 6.07) is 0. The van der Waals surface area contributed by atoms with E-state index in [0.717, 1.165) is 30.7 Å². The molecule has 43 heteroatoms. The van der Waals surface area contributed by atoms with Crippen LogP contribution >= 0.6 is 41.6 Å². The first-order valence-corrected chi connectivity index (χ1v) is 29.7. The summed E-state index contributed by atoms with van der Waals surface area (Å²) < 4.78 is 111. The van der Waals surface area contributed by atoms with Gasteiger partial charge in [0.1, 0.15) is 54.6 Å². The standard InChI is InChI=1S/C34H47N15O23P4S/c1-46-11-49(27-18(46)29(54)45-34(37)43-27)30-19(50)12(4-63-2)15(69-30)7-77-76(61,62)72-75(59,60)71-74(57,58)66-6-14-22(23(64-3)32(68-14)47-9-40-16-24(35)38-8-39-25(16)47)70-73(55,56)65-5-13-20(51)21(52)31(67-13)48-10-41-17-26(48)42-33(36)44-28(17)53/h8-15,19-23,30-32,50-52H,4-7H2,1-3H3,(H11-,35,36,37,38,39,42,43,44,45,53,54,55,56,57,58,59,60,61,62)/p+1/t12-,13-,14-,15-,19-,20-,21-,22-,23-,30-,31-,32-/m1/s1. The van der Waals surface area contributed by atoms with Crippen LogP contribution in [0.15, 0.2) is 34.9 Å². The number of nitrogens with two attached hydrogens (primary N) is 3. The summed E-state index contributed by atoms with van der Waals surface area (Å²) in [6.45, 7) is -7.75. The maximum absolute atomic E-state index is 13.7. The van der Waals surface area contributed by atoms with Crippen molar-refractivity contribution < 1.29 is 104 Å². The average Bonchev–Trinajstić information content (AvgIpc) is 4.21. The molecule has 422 valence electrons. The minimum atomic E-state index is -6.07. The lowest BCUT2D eigenvalue weighted by Crippen LogP contribution is -2.45. The molecule has 0 aliphatic carbocycles. The number of hydrogen-bond acceptors (Lipinski definition) is 29. The Bertz CT molecular complexity index is 3510. The molecule has 9 rings (SSSR count). The highest BCUT2D eigenvalue weighted by Gasteiger charge is 2.54. The van der Waals surface area contributed by atoms with Gasteiger partial charge in [0.25, 0.3) is 17.1 Å². The number of phosphoric acid groups is 3. The van der Waals surface area contributed by atoms with Crippen molar-refractivity contribution in [1.82, 2.24) is 53.6 Å². The third kappa shape index (κ3) is 11.6. The van der Waals surface area contributed by atoms with E-state index in [1.807, 2.05) is 0 Å². The molecule has 9 heterocycles. The van der Waals surface area contributed by atoms with E-state index < -0.39 is 134 Å². The van der Waals surface area contributed by atoms with Crippen molar-refractivity contribution in [1.29, 1.82) is 0 Å². The fourth-order valence-electron chi connectivity index (χ4n) is 8.77. The number of rotatable bonds is 21. The van der Waals surface area contributed by atoms with Gasteiger partial charge in [0, 0.05) is 25.9 Å². The van der Waals surface area contributed by atoms with Gasteiger partial charge >= 0.3 is 35.9 Å². The molecule has 0 amide bonds. The highest BCUT2D eigenvalue weighted by Crippen LogP contribution is 2.71. The maximum atomic E-state index is 13.7. The fraction of sp³-hybridized carbons (Fsp3) is 0.559. The predicted octanol–water partition coefficient (Wildman–Crippen LogP) is -3.09.